The monoisotopic (exact) mass is 185 g/mol. The van der Waals surface area contributed by atoms with Crippen LogP contribution in [0.4, 0.5) is 0 Å². The van der Waals surface area contributed by atoms with Crippen LogP contribution < -0.4 is 5.41 Å². The van der Waals surface area contributed by atoms with E-state index in [1.165, 1.54) is 0 Å². The van der Waals surface area contributed by atoms with Gasteiger partial charge in [0, 0.05) is 6.20 Å². The first kappa shape index (κ1) is 9.00. The fourth-order valence-corrected chi connectivity index (χ4v) is 1.02. The number of rotatable bonds is 2. The highest BCUT2D eigenvalue weighted by atomic mass is 35.5. The van der Waals surface area contributed by atoms with Crippen LogP contribution in [0.25, 0.3) is 0 Å². The van der Waals surface area contributed by atoms with Crippen molar-refractivity contribution in [2.75, 3.05) is 6.61 Å². The molecular weight excluding hydrogens is 176 g/mol. The first-order chi connectivity index (χ1) is 5.75. The Labute approximate surface area is 75.8 Å². The van der Waals surface area contributed by atoms with E-state index >= 15 is 0 Å². The van der Waals surface area contributed by atoms with Crippen LogP contribution in [0.3, 0.4) is 0 Å². The van der Waals surface area contributed by atoms with E-state index in [2.05, 4.69) is 4.98 Å². The molecule has 0 saturated carbocycles. The predicted molar refractivity (Wildman–Crippen MR) is 46.9 cm³/mol. The summed E-state index contributed by atoms with van der Waals surface area (Å²) in [5.41, 5.74) is 0.640. The molecule has 1 aromatic rings. The molecule has 0 amide bonds. The molecule has 0 bridgehead atoms. The zero-order valence-corrected chi connectivity index (χ0v) is 7.51. The lowest BCUT2D eigenvalue weighted by atomic mass is 10.3. The Balaban J connectivity index is 2.87. The quantitative estimate of drug-likeness (QED) is 0.409. The van der Waals surface area contributed by atoms with E-state index in [1.54, 1.807) is 18.3 Å². The van der Waals surface area contributed by atoms with Crippen LogP contribution in [-0.2, 0) is 4.74 Å². The van der Waals surface area contributed by atoms with Crippen molar-refractivity contribution in [1.82, 2.24) is 4.98 Å². The van der Waals surface area contributed by atoms with Gasteiger partial charge in [-0.2, -0.15) is 0 Å². The third-order valence-electron chi connectivity index (χ3n) is 1.32. The number of ether oxygens (including phenoxy) is 1. The molecule has 0 aliphatic heterocycles. The van der Waals surface area contributed by atoms with Crippen molar-refractivity contribution >= 4 is 17.5 Å². The second-order valence-corrected chi connectivity index (χ2v) is 2.50. The fourth-order valence-electron chi connectivity index (χ4n) is 0.803. The Hall–Kier alpha value is -1.09. The molecule has 2 N–H and O–H groups in total. The highest BCUT2D eigenvalue weighted by molar-refractivity contribution is 6.32. The molecular formula is C8H10ClN2O+. The number of hydrogen-bond donors (Lipinski definition) is 1. The van der Waals surface area contributed by atoms with Gasteiger partial charge < -0.3 is 4.74 Å². The zero-order valence-electron chi connectivity index (χ0n) is 6.75. The van der Waals surface area contributed by atoms with Crippen LogP contribution in [0.15, 0.2) is 18.3 Å². The highest BCUT2D eigenvalue weighted by Gasteiger charge is 2.11. The van der Waals surface area contributed by atoms with Crippen LogP contribution in [0, 0.1) is 0 Å². The van der Waals surface area contributed by atoms with Gasteiger partial charge in [-0.15, -0.1) is 0 Å². The molecule has 1 aromatic heterocycles. The number of aromatic nitrogens is 1. The number of hydrogen-bond acceptors (Lipinski definition) is 2. The van der Waals surface area contributed by atoms with E-state index in [9.17, 15) is 0 Å². The van der Waals surface area contributed by atoms with Crippen LogP contribution in [0.2, 0.25) is 5.15 Å². The Kier molecular flexibility index (Phi) is 3.05. The van der Waals surface area contributed by atoms with Gasteiger partial charge in [0.2, 0.25) is 0 Å². The van der Waals surface area contributed by atoms with Crippen LogP contribution in [0.1, 0.15) is 12.5 Å². The second kappa shape index (κ2) is 4.07. The highest BCUT2D eigenvalue weighted by Crippen LogP contribution is 2.10. The molecule has 0 radical (unpaired) electrons. The van der Waals surface area contributed by atoms with Gasteiger partial charge in [-0.25, -0.2) is 10.4 Å². The average molecular weight is 186 g/mol. The first-order valence-corrected chi connectivity index (χ1v) is 3.99. The van der Waals surface area contributed by atoms with Gasteiger partial charge in [-0.05, 0) is 19.1 Å². The zero-order chi connectivity index (χ0) is 8.97. The van der Waals surface area contributed by atoms with Crippen LogP contribution >= 0.6 is 11.6 Å². The Morgan fingerprint density at radius 3 is 3.08 bits per heavy atom. The SMILES string of the molecule is CCOC(=[NH2+])c1cccnc1Cl. The minimum Gasteiger partial charge on any atom is -0.445 e. The predicted octanol–water partition coefficient (Wildman–Crippen LogP) is 0.277. The molecule has 0 unspecified atom stereocenters. The van der Waals surface area contributed by atoms with Crippen molar-refractivity contribution < 1.29 is 10.1 Å². The van der Waals surface area contributed by atoms with E-state index in [1.807, 2.05) is 6.92 Å². The minimum atomic E-state index is 0.315. The Morgan fingerprint density at radius 1 is 1.75 bits per heavy atom. The van der Waals surface area contributed by atoms with Gasteiger partial charge in [-0.3, -0.25) is 0 Å². The van der Waals surface area contributed by atoms with Crippen molar-refractivity contribution in [1.29, 1.82) is 0 Å². The summed E-state index contributed by atoms with van der Waals surface area (Å²) in [4.78, 5) is 3.87. The molecule has 4 heteroatoms. The summed E-state index contributed by atoms with van der Waals surface area (Å²) < 4.78 is 5.08. The van der Waals surface area contributed by atoms with Gasteiger partial charge in [0.05, 0.1) is 6.61 Å². The number of halogens is 1. The maximum Gasteiger partial charge on any atom is 0.369 e. The van der Waals surface area contributed by atoms with Crippen molar-refractivity contribution in [2.24, 2.45) is 0 Å². The molecule has 1 rings (SSSR count). The molecule has 12 heavy (non-hydrogen) atoms. The molecule has 3 nitrogen and oxygen atoms in total. The molecule has 0 aliphatic carbocycles. The summed E-state index contributed by atoms with van der Waals surface area (Å²) in [7, 11) is 0. The lowest BCUT2D eigenvalue weighted by Crippen LogP contribution is -2.42. The van der Waals surface area contributed by atoms with E-state index in [4.69, 9.17) is 21.7 Å². The first-order valence-electron chi connectivity index (χ1n) is 3.61. The Morgan fingerprint density at radius 2 is 2.50 bits per heavy atom. The van der Waals surface area contributed by atoms with Gasteiger partial charge in [0.15, 0.2) is 0 Å². The smallest absolute Gasteiger partial charge is 0.369 e. The fraction of sp³-hybridized carbons (Fsp3) is 0.250. The maximum atomic E-state index is 5.76. The maximum absolute atomic E-state index is 5.76. The van der Waals surface area contributed by atoms with Crippen LogP contribution in [-0.4, -0.2) is 17.5 Å². The largest absolute Gasteiger partial charge is 0.445 e. The average Bonchev–Trinajstić information content (AvgIpc) is 2.05. The van der Waals surface area contributed by atoms with Crippen molar-refractivity contribution in [3.63, 3.8) is 0 Å². The molecule has 1 heterocycles. The topological polar surface area (TPSA) is 47.7 Å². The molecule has 0 spiro atoms. The third-order valence-corrected chi connectivity index (χ3v) is 1.63. The lowest BCUT2D eigenvalue weighted by molar-refractivity contribution is -0.138. The van der Waals surface area contributed by atoms with E-state index in [0.29, 0.717) is 23.2 Å². The standard InChI is InChI=1S/C8H9ClN2O/c1-2-12-8(10)6-4-3-5-11-7(6)9/h3-5,10H,2H2,1H3/p+1. The molecule has 0 aromatic carbocycles. The van der Waals surface area contributed by atoms with Gasteiger partial charge in [0.1, 0.15) is 10.7 Å². The van der Waals surface area contributed by atoms with Gasteiger partial charge in [-0.1, -0.05) is 11.6 Å². The van der Waals surface area contributed by atoms with Crippen molar-refractivity contribution in [3.8, 4) is 0 Å². The molecule has 0 saturated heterocycles. The number of nitrogens with zero attached hydrogens (tertiary/aromatic N) is 1. The van der Waals surface area contributed by atoms with Gasteiger partial charge in [0.25, 0.3) is 0 Å². The van der Waals surface area contributed by atoms with E-state index in [0.717, 1.165) is 0 Å². The summed E-state index contributed by atoms with van der Waals surface area (Å²) in [6.07, 6.45) is 1.60. The third kappa shape index (κ3) is 1.95. The summed E-state index contributed by atoms with van der Waals surface area (Å²) in [6.45, 7) is 2.38. The molecule has 0 aliphatic rings. The number of nitrogens with two attached hydrogens (primary N) is 1. The second-order valence-electron chi connectivity index (χ2n) is 2.14. The minimum absolute atomic E-state index is 0.315. The molecule has 64 valence electrons. The van der Waals surface area contributed by atoms with Gasteiger partial charge >= 0.3 is 5.90 Å². The van der Waals surface area contributed by atoms with E-state index in [-0.39, 0.29) is 0 Å². The van der Waals surface area contributed by atoms with Crippen molar-refractivity contribution in [2.45, 2.75) is 6.92 Å². The summed E-state index contributed by atoms with van der Waals surface area (Å²) in [6, 6.07) is 3.52. The van der Waals surface area contributed by atoms with Crippen molar-refractivity contribution in [3.05, 3.63) is 29.0 Å². The van der Waals surface area contributed by atoms with E-state index < -0.39 is 0 Å². The lowest BCUT2D eigenvalue weighted by Gasteiger charge is -1.99. The van der Waals surface area contributed by atoms with Crippen LogP contribution in [0.5, 0.6) is 0 Å². The summed E-state index contributed by atoms with van der Waals surface area (Å²) in [5, 5.41) is 5.94. The summed E-state index contributed by atoms with van der Waals surface area (Å²) in [5.74, 6) is 0.315. The molecule has 0 fully saturated rings. The number of pyridine rings is 1. The Bertz CT molecular complexity index is 288. The summed E-state index contributed by atoms with van der Waals surface area (Å²) >= 11 is 5.76. The normalized spacial score (nSPS) is 9.50. The molecule has 0 atom stereocenters.